The van der Waals surface area contributed by atoms with Crippen LogP contribution in [0.1, 0.15) is 50.5 Å². The molecule has 0 atom stereocenters. The molecular formula is C27H28N2O4S. The summed E-state index contributed by atoms with van der Waals surface area (Å²) in [6, 6.07) is 9.82. The number of anilines is 1. The standard InChI is InChI=1S/C27H28N2O4S/c1-4-31-17-10-11-21-25(13-17)34-27(28-21)29-26(30)12-16(3)19-14-20-18-8-6-7-9-22(18)33-24(20)15-23(19)32-5-2/h10-15H,4-9H2,1-3H3,(H,28,29,30)/b16-12+. The molecule has 7 heteroatoms. The Balaban J connectivity index is 1.43. The maximum Gasteiger partial charge on any atom is 0.250 e. The summed E-state index contributed by atoms with van der Waals surface area (Å²) >= 11 is 1.43. The number of hydrogen-bond donors (Lipinski definition) is 1. The fourth-order valence-electron chi connectivity index (χ4n) is 4.50. The summed E-state index contributed by atoms with van der Waals surface area (Å²) in [5.41, 5.74) is 4.72. The van der Waals surface area contributed by atoms with Crippen molar-refractivity contribution in [3.05, 3.63) is 53.3 Å². The SMILES string of the molecule is CCOc1ccc2nc(NC(=O)/C=C(\C)c3cc4c5c(oc4cc3OCC)CCCC5)sc2c1. The molecule has 5 rings (SSSR count). The van der Waals surface area contributed by atoms with Crippen LogP contribution in [0.3, 0.4) is 0 Å². The van der Waals surface area contributed by atoms with E-state index in [1.807, 2.05) is 45.0 Å². The van der Waals surface area contributed by atoms with Crippen molar-refractivity contribution in [2.75, 3.05) is 18.5 Å². The van der Waals surface area contributed by atoms with E-state index < -0.39 is 0 Å². The highest BCUT2D eigenvalue weighted by molar-refractivity contribution is 7.22. The number of nitrogens with zero attached hydrogens (tertiary/aromatic N) is 1. The number of benzene rings is 2. The molecule has 2 aromatic heterocycles. The minimum absolute atomic E-state index is 0.224. The average Bonchev–Trinajstić information content (AvgIpc) is 3.38. The van der Waals surface area contributed by atoms with Gasteiger partial charge in [-0.05, 0) is 69.9 Å². The monoisotopic (exact) mass is 476 g/mol. The van der Waals surface area contributed by atoms with E-state index >= 15 is 0 Å². The molecule has 1 aliphatic carbocycles. The van der Waals surface area contributed by atoms with Crippen molar-refractivity contribution in [1.82, 2.24) is 4.98 Å². The maximum absolute atomic E-state index is 12.9. The largest absolute Gasteiger partial charge is 0.494 e. The third kappa shape index (κ3) is 4.40. The van der Waals surface area contributed by atoms with Crippen molar-refractivity contribution in [2.45, 2.75) is 46.5 Å². The second-order valence-corrected chi connectivity index (χ2v) is 9.42. The van der Waals surface area contributed by atoms with Crippen LogP contribution in [0.5, 0.6) is 11.5 Å². The zero-order valence-electron chi connectivity index (χ0n) is 19.7. The molecule has 0 saturated carbocycles. The first-order chi connectivity index (χ1) is 16.6. The van der Waals surface area contributed by atoms with Crippen LogP contribution in [0, 0.1) is 0 Å². The summed E-state index contributed by atoms with van der Waals surface area (Å²) in [5, 5.41) is 4.59. The van der Waals surface area contributed by atoms with Crippen molar-refractivity contribution in [3.63, 3.8) is 0 Å². The average molecular weight is 477 g/mol. The molecule has 6 nitrogen and oxygen atoms in total. The van der Waals surface area contributed by atoms with Gasteiger partial charge in [0.05, 0.1) is 23.4 Å². The van der Waals surface area contributed by atoms with Gasteiger partial charge in [0, 0.05) is 35.1 Å². The highest BCUT2D eigenvalue weighted by atomic mass is 32.1. The predicted octanol–water partition coefficient (Wildman–Crippen LogP) is 6.76. The second kappa shape index (κ2) is 9.50. The van der Waals surface area contributed by atoms with Crippen LogP contribution in [0.4, 0.5) is 5.13 Å². The molecule has 34 heavy (non-hydrogen) atoms. The van der Waals surface area contributed by atoms with E-state index in [1.165, 1.54) is 23.3 Å². The number of hydrogen-bond acceptors (Lipinski definition) is 6. The van der Waals surface area contributed by atoms with E-state index in [2.05, 4.69) is 16.4 Å². The number of furan rings is 1. The number of carbonyl (C=O) groups is 1. The smallest absolute Gasteiger partial charge is 0.250 e. The lowest BCUT2D eigenvalue weighted by atomic mass is 9.94. The third-order valence-electron chi connectivity index (χ3n) is 6.03. The van der Waals surface area contributed by atoms with Crippen LogP contribution in [-0.4, -0.2) is 24.1 Å². The van der Waals surface area contributed by atoms with Crippen LogP contribution in [0.2, 0.25) is 0 Å². The van der Waals surface area contributed by atoms with Gasteiger partial charge >= 0.3 is 0 Å². The van der Waals surface area contributed by atoms with Crippen molar-refractivity contribution in [3.8, 4) is 11.5 Å². The Bertz CT molecular complexity index is 1400. The lowest BCUT2D eigenvalue weighted by Gasteiger charge is -2.12. The molecule has 2 heterocycles. The number of aromatic nitrogens is 1. The topological polar surface area (TPSA) is 73.6 Å². The number of rotatable bonds is 7. The van der Waals surface area contributed by atoms with Crippen molar-refractivity contribution < 1.29 is 18.7 Å². The summed E-state index contributed by atoms with van der Waals surface area (Å²) in [7, 11) is 0. The van der Waals surface area contributed by atoms with E-state index in [1.54, 1.807) is 6.08 Å². The van der Waals surface area contributed by atoms with Crippen molar-refractivity contribution >= 4 is 49.1 Å². The van der Waals surface area contributed by atoms with Gasteiger partial charge in [0.2, 0.25) is 5.91 Å². The molecule has 4 aromatic rings. The Kier molecular flexibility index (Phi) is 6.28. The number of allylic oxidation sites excluding steroid dienone is 1. The fourth-order valence-corrected chi connectivity index (χ4v) is 5.40. The maximum atomic E-state index is 12.9. The van der Waals surface area contributed by atoms with Crippen LogP contribution in [-0.2, 0) is 17.6 Å². The lowest BCUT2D eigenvalue weighted by Crippen LogP contribution is -2.08. The first-order valence-electron chi connectivity index (χ1n) is 11.8. The van der Waals surface area contributed by atoms with Crippen LogP contribution in [0.25, 0.3) is 26.8 Å². The zero-order chi connectivity index (χ0) is 23.7. The quantitative estimate of drug-likeness (QED) is 0.298. The molecule has 0 unspecified atom stereocenters. The molecule has 0 fully saturated rings. The number of thiazole rings is 1. The predicted molar refractivity (Wildman–Crippen MR) is 137 cm³/mol. The Morgan fingerprint density at radius 2 is 1.97 bits per heavy atom. The lowest BCUT2D eigenvalue weighted by molar-refractivity contribution is -0.111. The van der Waals surface area contributed by atoms with Gasteiger partial charge in [-0.15, -0.1) is 0 Å². The van der Waals surface area contributed by atoms with Gasteiger partial charge in [0.15, 0.2) is 5.13 Å². The zero-order valence-corrected chi connectivity index (χ0v) is 20.5. The minimum atomic E-state index is -0.224. The Morgan fingerprint density at radius 3 is 2.79 bits per heavy atom. The Hall–Kier alpha value is -3.32. The second-order valence-electron chi connectivity index (χ2n) is 8.39. The fraction of sp³-hybridized carbons (Fsp3) is 0.333. The van der Waals surface area contributed by atoms with E-state index in [9.17, 15) is 4.79 Å². The number of fused-ring (bicyclic) bond motifs is 4. The van der Waals surface area contributed by atoms with E-state index in [-0.39, 0.29) is 5.91 Å². The van der Waals surface area contributed by atoms with Gasteiger partial charge in [-0.3, -0.25) is 10.1 Å². The van der Waals surface area contributed by atoms with Crippen LogP contribution in [0.15, 0.2) is 40.8 Å². The van der Waals surface area contributed by atoms with E-state index in [0.717, 1.165) is 68.8 Å². The highest BCUT2D eigenvalue weighted by Crippen LogP contribution is 2.38. The number of aryl methyl sites for hydroxylation is 2. The molecule has 2 aromatic carbocycles. The molecule has 1 N–H and O–H groups in total. The minimum Gasteiger partial charge on any atom is -0.494 e. The van der Waals surface area contributed by atoms with Gasteiger partial charge in [-0.1, -0.05) is 11.3 Å². The van der Waals surface area contributed by atoms with Gasteiger partial charge in [0.1, 0.15) is 22.8 Å². The molecule has 1 amide bonds. The van der Waals surface area contributed by atoms with Gasteiger partial charge in [0.25, 0.3) is 0 Å². The molecule has 0 saturated heterocycles. The normalized spacial score (nSPS) is 13.8. The summed E-state index contributed by atoms with van der Waals surface area (Å²) < 4.78 is 18.6. The Labute approximate surface area is 202 Å². The summed E-state index contributed by atoms with van der Waals surface area (Å²) in [4.78, 5) is 17.4. The number of ether oxygens (including phenoxy) is 2. The first-order valence-corrected chi connectivity index (χ1v) is 12.6. The summed E-state index contributed by atoms with van der Waals surface area (Å²) in [6.07, 6.45) is 5.95. The van der Waals surface area contributed by atoms with Gasteiger partial charge in [-0.25, -0.2) is 4.98 Å². The van der Waals surface area contributed by atoms with Crippen LogP contribution < -0.4 is 14.8 Å². The van der Waals surface area contributed by atoms with E-state index in [4.69, 9.17) is 13.9 Å². The van der Waals surface area contributed by atoms with Crippen molar-refractivity contribution in [1.29, 1.82) is 0 Å². The molecule has 0 radical (unpaired) electrons. The third-order valence-corrected chi connectivity index (χ3v) is 6.96. The molecular weight excluding hydrogens is 448 g/mol. The Morgan fingerprint density at radius 1 is 1.15 bits per heavy atom. The summed E-state index contributed by atoms with van der Waals surface area (Å²) in [5.74, 6) is 2.39. The first kappa shape index (κ1) is 22.5. The highest BCUT2D eigenvalue weighted by Gasteiger charge is 2.20. The van der Waals surface area contributed by atoms with E-state index in [0.29, 0.717) is 18.3 Å². The van der Waals surface area contributed by atoms with Crippen LogP contribution >= 0.6 is 11.3 Å². The van der Waals surface area contributed by atoms with Gasteiger partial charge in [-0.2, -0.15) is 0 Å². The number of carbonyl (C=O) groups excluding carboxylic acids is 1. The molecule has 0 bridgehead atoms. The van der Waals surface area contributed by atoms with Gasteiger partial charge < -0.3 is 13.9 Å². The molecule has 176 valence electrons. The number of nitrogens with one attached hydrogen (secondary N) is 1. The molecule has 0 aliphatic heterocycles. The molecule has 1 aliphatic rings. The number of amides is 1. The summed E-state index contributed by atoms with van der Waals surface area (Å²) in [6.45, 7) is 6.98. The van der Waals surface area contributed by atoms with Crippen molar-refractivity contribution in [2.24, 2.45) is 0 Å². The molecule has 0 spiro atoms.